The van der Waals surface area contributed by atoms with Gasteiger partial charge in [0.15, 0.2) is 0 Å². The van der Waals surface area contributed by atoms with Crippen molar-refractivity contribution < 1.29 is 14.1 Å². The molecule has 0 aliphatic heterocycles. The summed E-state index contributed by atoms with van der Waals surface area (Å²) < 4.78 is 15.6. The van der Waals surface area contributed by atoms with E-state index in [0.717, 1.165) is 22.7 Å². The lowest BCUT2D eigenvalue weighted by Crippen LogP contribution is -2.15. The number of nitro groups is 1. The summed E-state index contributed by atoms with van der Waals surface area (Å²) in [7, 11) is 1.67. The van der Waals surface area contributed by atoms with Crippen LogP contribution in [0.5, 0.6) is 0 Å². The highest BCUT2D eigenvalue weighted by Gasteiger charge is 2.14. The number of anilines is 1. The number of aromatic nitrogens is 1. The minimum absolute atomic E-state index is 0.0269. The van der Waals surface area contributed by atoms with Crippen molar-refractivity contribution in [1.29, 1.82) is 0 Å². The van der Waals surface area contributed by atoms with Gasteiger partial charge in [0, 0.05) is 23.8 Å². The lowest BCUT2D eigenvalue weighted by atomic mass is 10.2. The van der Waals surface area contributed by atoms with Gasteiger partial charge in [-0.2, -0.15) is 0 Å². The maximum atomic E-state index is 13.3. The molecule has 0 aliphatic carbocycles. The van der Waals surface area contributed by atoms with Gasteiger partial charge in [0.05, 0.1) is 16.7 Å². The lowest BCUT2D eigenvalue weighted by molar-refractivity contribution is -0.385. The van der Waals surface area contributed by atoms with Gasteiger partial charge in [0.2, 0.25) is 0 Å². The van der Waals surface area contributed by atoms with Gasteiger partial charge in [-0.15, -0.1) is 0 Å². The molecule has 1 aromatic carbocycles. The molecule has 0 spiro atoms. The summed E-state index contributed by atoms with van der Waals surface area (Å²) in [5.74, 6) is -1.28. The van der Waals surface area contributed by atoms with Crippen molar-refractivity contribution in [1.82, 2.24) is 4.57 Å². The van der Waals surface area contributed by atoms with Crippen LogP contribution >= 0.6 is 15.9 Å². The average Bonchev–Trinajstić information content (AvgIpc) is 2.67. The Balaban J connectivity index is 2.28. The van der Waals surface area contributed by atoms with Crippen molar-refractivity contribution in [3.63, 3.8) is 0 Å². The monoisotopic (exact) mass is 341 g/mol. The van der Waals surface area contributed by atoms with E-state index in [1.165, 1.54) is 0 Å². The Kier molecular flexibility index (Phi) is 3.84. The summed E-state index contributed by atoms with van der Waals surface area (Å²) in [6.07, 6.45) is 1.68. The Morgan fingerprint density at radius 3 is 2.65 bits per heavy atom. The molecule has 0 atom stereocenters. The lowest BCUT2D eigenvalue weighted by Gasteiger charge is -2.06. The number of hydrogen-bond donors (Lipinski definition) is 1. The van der Waals surface area contributed by atoms with Gasteiger partial charge in [0.25, 0.3) is 11.6 Å². The number of nitrogens with zero attached hydrogens (tertiary/aromatic N) is 2. The zero-order valence-electron chi connectivity index (χ0n) is 10.3. The van der Waals surface area contributed by atoms with E-state index in [4.69, 9.17) is 0 Å². The van der Waals surface area contributed by atoms with Crippen molar-refractivity contribution in [2.75, 3.05) is 5.32 Å². The minimum Gasteiger partial charge on any atom is -0.345 e. The predicted octanol–water partition coefficient (Wildman–Crippen LogP) is 3.09. The van der Waals surface area contributed by atoms with E-state index in [-0.39, 0.29) is 5.69 Å². The molecule has 0 bridgehead atoms. The number of carbonyl (C=O) groups is 1. The number of rotatable bonds is 3. The van der Waals surface area contributed by atoms with Crippen molar-refractivity contribution in [2.45, 2.75) is 0 Å². The molecule has 2 aromatic rings. The zero-order chi connectivity index (χ0) is 14.9. The molecule has 6 nitrogen and oxygen atoms in total. The fraction of sp³-hybridized carbons (Fsp3) is 0.0833. The van der Waals surface area contributed by atoms with E-state index in [9.17, 15) is 19.3 Å². The molecule has 0 fully saturated rings. The van der Waals surface area contributed by atoms with Crippen LogP contribution in [0.1, 0.15) is 10.5 Å². The third kappa shape index (κ3) is 3.02. The van der Waals surface area contributed by atoms with Crippen molar-refractivity contribution in [3.05, 3.63) is 56.6 Å². The van der Waals surface area contributed by atoms with E-state index >= 15 is 0 Å². The number of nitro benzene ring substituents is 1. The number of nitrogens with one attached hydrogen (secondary N) is 1. The largest absolute Gasteiger partial charge is 0.345 e. The Labute approximate surface area is 121 Å². The fourth-order valence-corrected chi connectivity index (χ4v) is 2.22. The van der Waals surface area contributed by atoms with Crippen LogP contribution in [0.25, 0.3) is 0 Å². The second kappa shape index (κ2) is 5.41. The summed E-state index contributed by atoms with van der Waals surface area (Å²) in [4.78, 5) is 21.9. The van der Waals surface area contributed by atoms with E-state index < -0.39 is 22.3 Å². The summed E-state index contributed by atoms with van der Waals surface area (Å²) in [5, 5.41) is 13.1. The first-order chi connectivity index (χ1) is 9.36. The molecule has 8 heteroatoms. The molecule has 1 aromatic heterocycles. The second-order valence-corrected chi connectivity index (χ2v) is 4.98. The molecule has 0 radical (unpaired) electrons. The summed E-state index contributed by atoms with van der Waals surface area (Å²) in [5.41, 5.74) is -0.0591. The molecule has 2 rings (SSSR count). The number of non-ortho nitro benzene ring substituents is 1. The third-order valence-corrected chi connectivity index (χ3v) is 2.99. The van der Waals surface area contributed by atoms with Gasteiger partial charge in [-0.05, 0) is 28.1 Å². The quantitative estimate of drug-likeness (QED) is 0.688. The molecule has 0 saturated heterocycles. The van der Waals surface area contributed by atoms with Gasteiger partial charge < -0.3 is 9.88 Å². The Morgan fingerprint density at radius 1 is 1.40 bits per heavy atom. The normalized spacial score (nSPS) is 10.3. The molecule has 0 aliphatic rings. The van der Waals surface area contributed by atoms with Crippen LogP contribution in [0.2, 0.25) is 0 Å². The smallest absolute Gasteiger partial charge is 0.274 e. The highest BCUT2D eigenvalue weighted by molar-refractivity contribution is 9.10. The van der Waals surface area contributed by atoms with Crippen LogP contribution in [0, 0.1) is 15.9 Å². The van der Waals surface area contributed by atoms with Crippen LogP contribution in [0.4, 0.5) is 15.8 Å². The SMILES string of the molecule is Cn1cc(Br)cc1C(=O)Nc1cc(F)cc([N+](=O)[O-])c1. The van der Waals surface area contributed by atoms with E-state index in [2.05, 4.69) is 21.2 Å². The first-order valence-corrected chi connectivity index (χ1v) is 6.24. The van der Waals surface area contributed by atoms with Crippen LogP contribution in [0.3, 0.4) is 0 Å². The molecule has 1 heterocycles. The number of aryl methyl sites for hydroxylation is 1. The Morgan fingerprint density at radius 2 is 2.10 bits per heavy atom. The number of amides is 1. The first-order valence-electron chi connectivity index (χ1n) is 5.45. The highest BCUT2D eigenvalue weighted by atomic mass is 79.9. The summed E-state index contributed by atoms with van der Waals surface area (Å²) in [6, 6.07) is 4.49. The molecule has 1 N–H and O–H groups in total. The van der Waals surface area contributed by atoms with E-state index in [1.54, 1.807) is 23.9 Å². The third-order valence-electron chi connectivity index (χ3n) is 2.56. The number of benzene rings is 1. The van der Waals surface area contributed by atoms with Gasteiger partial charge >= 0.3 is 0 Å². The van der Waals surface area contributed by atoms with Crippen molar-refractivity contribution >= 4 is 33.2 Å². The summed E-state index contributed by atoms with van der Waals surface area (Å²) in [6.45, 7) is 0. The summed E-state index contributed by atoms with van der Waals surface area (Å²) >= 11 is 3.23. The zero-order valence-corrected chi connectivity index (χ0v) is 11.8. The van der Waals surface area contributed by atoms with Gasteiger partial charge in [-0.25, -0.2) is 4.39 Å². The van der Waals surface area contributed by atoms with Gasteiger partial charge in [-0.3, -0.25) is 14.9 Å². The maximum absolute atomic E-state index is 13.3. The second-order valence-electron chi connectivity index (χ2n) is 4.06. The molecule has 1 amide bonds. The van der Waals surface area contributed by atoms with Crippen LogP contribution in [0.15, 0.2) is 34.9 Å². The molecular formula is C12H9BrFN3O3. The average molecular weight is 342 g/mol. The fourth-order valence-electron chi connectivity index (χ4n) is 1.70. The number of halogens is 2. The first kappa shape index (κ1) is 14.2. The van der Waals surface area contributed by atoms with Crippen LogP contribution in [-0.4, -0.2) is 15.4 Å². The Hall–Kier alpha value is -2.22. The minimum atomic E-state index is -0.789. The van der Waals surface area contributed by atoms with Crippen molar-refractivity contribution in [2.24, 2.45) is 7.05 Å². The van der Waals surface area contributed by atoms with Crippen LogP contribution < -0.4 is 5.32 Å². The molecule has 104 valence electrons. The number of hydrogen-bond acceptors (Lipinski definition) is 3. The maximum Gasteiger partial charge on any atom is 0.274 e. The highest BCUT2D eigenvalue weighted by Crippen LogP contribution is 2.21. The predicted molar refractivity (Wildman–Crippen MR) is 74.1 cm³/mol. The molecule has 0 saturated carbocycles. The van der Waals surface area contributed by atoms with Crippen molar-refractivity contribution in [3.8, 4) is 0 Å². The standard InChI is InChI=1S/C12H9BrFN3O3/c1-16-6-7(13)2-11(16)12(18)15-9-3-8(14)4-10(5-9)17(19)20/h2-6H,1H3,(H,15,18). The number of carbonyl (C=O) groups excluding carboxylic acids is 1. The molecule has 20 heavy (non-hydrogen) atoms. The molecular weight excluding hydrogens is 333 g/mol. The van der Waals surface area contributed by atoms with Gasteiger partial charge in [0.1, 0.15) is 11.5 Å². The topological polar surface area (TPSA) is 77.2 Å². The van der Waals surface area contributed by atoms with E-state index in [1.807, 2.05) is 0 Å². The van der Waals surface area contributed by atoms with Crippen LogP contribution in [-0.2, 0) is 7.05 Å². The van der Waals surface area contributed by atoms with E-state index in [0.29, 0.717) is 5.69 Å². The molecule has 0 unspecified atom stereocenters. The Bertz CT molecular complexity index is 699. The van der Waals surface area contributed by atoms with Gasteiger partial charge in [-0.1, -0.05) is 0 Å².